The maximum atomic E-state index is 12.2. The topological polar surface area (TPSA) is 494 Å². The first-order valence-corrected chi connectivity index (χ1v) is 36.5. The van der Waals surface area contributed by atoms with E-state index in [1.54, 1.807) is 49.6 Å². The van der Waals surface area contributed by atoms with Crippen molar-refractivity contribution in [2.24, 2.45) is 34.4 Å². The third-order valence-electron chi connectivity index (χ3n) is 20.7. The first kappa shape index (κ1) is 106. The quantitative estimate of drug-likeness (QED) is 0.0383. The van der Waals surface area contributed by atoms with Crippen molar-refractivity contribution in [1.82, 2.24) is 0 Å². The number of carboxylic acid groups (broad SMARTS) is 2. The number of carboxylic acids is 2. The van der Waals surface area contributed by atoms with Crippen LogP contribution >= 0.6 is 49.6 Å². The number of ketones is 6. The minimum absolute atomic E-state index is 0. The van der Waals surface area contributed by atoms with Crippen molar-refractivity contribution in [3.8, 4) is 11.5 Å². The molecule has 33 heteroatoms. The van der Waals surface area contributed by atoms with Gasteiger partial charge in [0.25, 0.3) is 0 Å². The van der Waals surface area contributed by atoms with Gasteiger partial charge in [0.1, 0.15) is 69.9 Å². The van der Waals surface area contributed by atoms with Gasteiger partial charge >= 0.3 is 18.1 Å². The molecule has 20 N–H and O–H groups in total. The van der Waals surface area contributed by atoms with E-state index in [0.717, 1.165) is 76.6 Å². The highest BCUT2D eigenvalue weighted by molar-refractivity contribution is 6.27. The number of benzene rings is 6. The van der Waals surface area contributed by atoms with Crippen LogP contribution in [0.2, 0.25) is 0 Å². The number of ether oxygens (including phenoxy) is 2. The molecule has 12 rings (SSSR count). The predicted octanol–water partition coefficient (Wildman–Crippen LogP) is 9.12. The average Bonchev–Trinajstić information content (AvgIpc) is 0.874. The van der Waals surface area contributed by atoms with Crippen molar-refractivity contribution in [1.29, 1.82) is 0 Å². The van der Waals surface area contributed by atoms with Crippen LogP contribution in [0.1, 0.15) is 171 Å². The Labute approximate surface area is 697 Å². The highest BCUT2D eigenvalue weighted by Crippen LogP contribution is 2.40. The number of aliphatic hydroxyl groups excluding tert-OH is 6. The van der Waals surface area contributed by atoms with Crippen LogP contribution in [0.25, 0.3) is 4.85 Å². The summed E-state index contributed by atoms with van der Waals surface area (Å²) in [4.78, 5) is 102. The van der Waals surface area contributed by atoms with E-state index in [9.17, 15) is 72.6 Å². The summed E-state index contributed by atoms with van der Waals surface area (Å²) in [5.74, 6) is -4.20. The Kier molecular flexibility index (Phi) is 42.4. The Morgan fingerprint density at radius 2 is 0.621 bits per heavy atom. The Balaban J connectivity index is 0.000000672. The molecule has 6 fully saturated rings. The fraction of sp³-hybridized carbons (Fsp3) is 0.446. The summed E-state index contributed by atoms with van der Waals surface area (Å²) in [6.07, 6.45) is -0.0960. The molecule has 26 nitrogen and oxygen atoms in total. The molecule has 0 amide bonds. The summed E-state index contributed by atoms with van der Waals surface area (Å²) in [7, 11) is 3.08. The normalized spacial score (nSPS) is 26.4. The van der Waals surface area contributed by atoms with E-state index in [2.05, 4.69) is 4.85 Å². The van der Waals surface area contributed by atoms with Crippen LogP contribution < -0.4 is 43.9 Å². The highest BCUT2D eigenvalue weighted by atomic mass is 35.5. The van der Waals surface area contributed by atoms with Gasteiger partial charge in [-0.25, -0.2) is 14.4 Å². The molecule has 6 aromatic rings. The lowest BCUT2D eigenvalue weighted by molar-refractivity contribution is -0.159. The fourth-order valence-corrected chi connectivity index (χ4v) is 13.9. The summed E-state index contributed by atoms with van der Waals surface area (Å²) in [5.41, 5.74) is 40.2. The van der Waals surface area contributed by atoms with E-state index < -0.39 is 94.3 Å². The van der Waals surface area contributed by atoms with Crippen molar-refractivity contribution >= 4 is 108 Å². The third-order valence-corrected chi connectivity index (χ3v) is 20.7. The van der Waals surface area contributed by atoms with Crippen molar-refractivity contribution < 1.29 is 107 Å². The van der Waals surface area contributed by atoms with Gasteiger partial charge in [-0.2, -0.15) is 13.2 Å². The summed E-state index contributed by atoms with van der Waals surface area (Å²) >= 11 is 0. The van der Waals surface area contributed by atoms with Gasteiger partial charge in [0.05, 0.1) is 20.8 Å². The molecule has 6 aliphatic rings. The first-order chi connectivity index (χ1) is 52.5. The molecule has 6 aliphatic carbocycles. The summed E-state index contributed by atoms with van der Waals surface area (Å²) in [5, 5.41) is 72.5. The summed E-state index contributed by atoms with van der Waals surface area (Å²) < 4.78 is 41.6. The number of aliphatic hydroxyl groups is 6. The molecule has 0 bridgehead atoms. The number of aryl methyl sites for hydroxylation is 4. The second-order valence-electron chi connectivity index (χ2n) is 28.9. The van der Waals surface area contributed by atoms with Crippen LogP contribution in [0.4, 0.5) is 18.9 Å². The maximum Gasteiger partial charge on any atom is 0.446 e. The van der Waals surface area contributed by atoms with Crippen molar-refractivity contribution in [2.75, 3.05) is 14.2 Å². The van der Waals surface area contributed by atoms with Crippen LogP contribution in [0, 0.1) is 34.3 Å². The predicted molar refractivity (Wildman–Crippen MR) is 438 cm³/mol. The van der Waals surface area contributed by atoms with E-state index in [1.165, 1.54) is 7.11 Å². The Hall–Kier alpha value is -8.49. The van der Waals surface area contributed by atoms with Crippen LogP contribution in [-0.2, 0) is 76.4 Å². The number of alkyl halides is 3. The monoisotopic (exact) mass is 1700 g/mol. The first-order valence-electron chi connectivity index (χ1n) is 36.5. The number of carbonyl (C=O) groups is 9. The summed E-state index contributed by atoms with van der Waals surface area (Å²) in [6.45, 7) is 14.9. The standard InChI is InChI=1S/C14H19NO4.C13H14N2O2.4C13H17NO2.C2HF3O.C2H2O4.4ClH/c1-18-11-6-5-9(8-12(11)19-2)14(15)7-3-4-10(16)13(14)17;1-15-10-5-2-4-9(8-10)13(14)7-3-6-11(16)12(13)17;1-9-4-2-5-10(8-9)13(14)7-3-6-11(15)12(13)16;3*1-9-4-6-10(7-5-9)13(14)8-2-3-11(15)12(13)16;3-2(4,5)1-6;3-1(4)2(5)6;;;;/h5-6,8,10,16H,3-4,7,15H2,1-2H3;2,4-5,8,11,16H,3,6-7,14H2;2,4-5,8,11,15H,3,6-7,14H2,1H3;3*4-7,11,15H,2-3,8,14H2,1H3;1H;(H,3,4)(H,5,6);4*1H/t;;;2*11-,13-;;;;;;;/m...10......./s1. The Morgan fingerprint density at radius 3 is 0.853 bits per heavy atom. The maximum absolute atomic E-state index is 12.2. The number of hydrogen-bond donors (Lipinski definition) is 14. The molecule has 116 heavy (non-hydrogen) atoms. The van der Waals surface area contributed by atoms with Crippen LogP contribution in [0.3, 0.4) is 0 Å². The molecule has 0 saturated heterocycles. The lowest BCUT2D eigenvalue weighted by Gasteiger charge is -2.35. The van der Waals surface area contributed by atoms with E-state index in [1.807, 2.05) is 125 Å². The second-order valence-corrected chi connectivity index (χ2v) is 28.9. The number of Topliss-reactive ketones (excluding diaryl/α,β-unsaturated/α-hetero) is 6. The molecule has 0 spiro atoms. The van der Waals surface area contributed by atoms with E-state index in [-0.39, 0.29) is 84.3 Å². The molecule has 0 aromatic heterocycles. The minimum atomic E-state index is -4.64. The van der Waals surface area contributed by atoms with Gasteiger partial charge in [-0.05, 0) is 189 Å². The van der Waals surface area contributed by atoms with Crippen molar-refractivity contribution in [3.05, 3.63) is 207 Å². The van der Waals surface area contributed by atoms with Gasteiger partial charge in [-0.1, -0.05) is 150 Å². The number of nitrogens with zero attached hydrogens (tertiary/aromatic N) is 1. The smallest absolute Gasteiger partial charge is 0.446 e. The number of hydrogen-bond acceptors (Lipinski definition) is 23. The second kappa shape index (κ2) is 46.6. The number of nitrogens with two attached hydrogens (primary N) is 6. The van der Waals surface area contributed by atoms with Crippen LogP contribution in [0.5, 0.6) is 11.5 Å². The van der Waals surface area contributed by atoms with Crippen molar-refractivity contribution in [2.45, 2.75) is 219 Å². The number of methoxy groups -OCH3 is 2. The zero-order chi connectivity index (χ0) is 83.9. The SMILES string of the molecule is COc1ccc(C2(N)CCCC(O)C2=O)cc1OC.Cc1ccc(C2(N)CCCC(O)C2=O)cc1.Cc1ccc([C@@]2(N)CCC[C@H](O)C2=O)cc1.Cc1ccc([C@]2(N)CCC[C@@H](O)C2=O)cc1.Cc1cccc(C2(N)CCCC(O)C2=O)c1.Cl.Cl.Cl.Cl.O=C(O)C(=O)O.O=CC(F)(F)F.[C-]#[N+]c1cccc(C2(N)CCCC(O)C2=O)c1. The van der Waals surface area contributed by atoms with Gasteiger partial charge in [0.15, 0.2) is 51.9 Å². The Bertz CT molecular complexity index is 4120. The Morgan fingerprint density at radius 1 is 0.388 bits per heavy atom. The summed E-state index contributed by atoms with van der Waals surface area (Å²) in [6, 6.07) is 42.5. The lowest BCUT2D eigenvalue weighted by Crippen LogP contribution is -2.52. The average molecular weight is 1710 g/mol. The molecule has 6 aromatic carbocycles. The highest BCUT2D eigenvalue weighted by Gasteiger charge is 2.48. The fourth-order valence-electron chi connectivity index (χ4n) is 13.9. The van der Waals surface area contributed by atoms with Gasteiger partial charge in [0, 0.05) is 0 Å². The van der Waals surface area contributed by atoms with Gasteiger partial charge < -0.3 is 84.7 Å². The molecule has 638 valence electrons. The largest absolute Gasteiger partial charge is 0.493 e. The molecule has 12 atom stereocenters. The molecular formula is C83H108Cl4F3N7O19. The number of rotatable bonds is 8. The molecule has 0 radical (unpaired) electrons. The number of aldehydes is 1. The van der Waals surface area contributed by atoms with Crippen LogP contribution in [0.15, 0.2) is 140 Å². The number of aliphatic carboxylic acids is 2. The number of halogens is 7. The molecule has 6 saturated carbocycles. The van der Waals surface area contributed by atoms with Gasteiger partial charge in [0.2, 0.25) is 6.29 Å². The van der Waals surface area contributed by atoms with Gasteiger partial charge in [-0.3, -0.25) is 33.6 Å². The molecule has 8 unspecified atom stereocenters. The molecule has 0 heterocycles. The molecular weight excluding hydrogens is 1600 g/mol. The lowest BCUT2D eigenvalue weighted by atomic mass is 9.75. The number of carbonyl (C=O) groups excluding carboxylic acids is 7. The van der Waals surface area contributed by atoms with Crippen molar-refractivity contribution in [3.63, 3.8) is 0 Å². The zero-order valence-electron chi connectivity index (χ0n) is 65.3. The molecule has 0 aliphatic heterocycles. The third kappa shape index (κ3) is 27.3. The van der Waals surface area contributed by atoms with E-state index >= 15 is 0 Å². The zero-order valence-corrected chi connectivity index (χ0v) is 68.6. The van der Waals surface area contributed by atoms with E-state index in [0.29, 0.717) is 112 Å². The van der Waals surface area contributed by atoms with Gasteiger partial charge in [-0.15, -0.1) is 49.6 Å². The van der Waals surface area contributed by atoms with E-state index in [4.69, 9.17) is 75.0 Å². The minimum Gasteiger partial charge on any atom is -0.493 e. The van der Waals surface area contributed by atoms with Crippen LogP contribution in [-0.4, -0.2) is 151 Å².